The summed E-state index contributed by atoms with van der Waals surface area (Å²) in [7, 11) is 0. The number of hydrogen-bond donors (Lipinski definition) is 0. The first kappa shape index (κ1) is 14.6. The van der Waals surface area contributed by atoms with Gasteiger partial charge in [0.25, 0.3) is 0 Å². The average Bonchev–Trinajstić information content (AvgIpc) is 2.49. The van der Waals surface area contributed by atoms with Gasteiger partial charge in [0.05, 0.1) is 17.9 Å². The van der Waals surface area contributed by atoms with Crippen molar-refractivity contribution in [3.63, 3.8) is 0 Å². The minimum absolute atomic E-state index is 0.124. The first-order valence-corrected chi connectivity index (χ1v) is 6.59. The van der Waals surface area contributed by atoms with Gasteiger partial charge in [0.15, 0.2) is 0 Å². The van der Waals surface area contributed by atoms with E-state index in [2.05, 4.69) is 9.77 Å². The highest BCUT2D eigenvalue weighted by molar-refractivity contribution is 6.42. The van der Waals surface area contributed by atoms with Crippen molar-refractivity contribution in [1.29, 1.82) is 0 Å². The fourth-order valence-electron chi connectivity index (χ4n) is 2.12. The zero-order valence-electron chi connectivity index (χ0n) is 11.9. The third-order valence-electron chi connectivity index (χ3n) is 3.02. The Morgan fingerprint density at radius 1 is 1.29 bits per heavy atom. The van der Waals surface area contributed by atoms with Crippen LogP contribution in [0, 0.1) is 6.92 Å². The number of aryl methyl sites for hydroxylation is 1. The minimum Gasteiger partial charge on any atom is -0.457 e. The van der Waals surface area contributed by atoms with Gasteiger partial charge in [-0.3, -0.25) is 4.98 Å². The number of benzene rings is 1. The smallest absolute Gasteiger partial charge is 0.422 e. The number of carbonyl (C=O) groups is 1. The highest BCUT2D eigenvalue weighted by Crippen LogP contribution is 2.26. The van der Waals surface area contributed by atoms with Crippen LogP contribution in [0.4, 0.5) is 0 Å². The average molecular weight is 281 g/mol. The summed E-state index contributed by atoms with van der Waals surface area (Å²) in [5.41, 5.74) is 12.0. The summed E-state index contributed by atoms with van der Waals surface area (Å²) >= 11 is 0. The van der Waals surface area contributed by atoms with Gasteiger partial charge in [-0.1, -0.05) is 18.2 Å². The quantitative estimate of drug-likeness (QED) is 0.374. The standard InChI is InChI=1S/C16H15N3O2/c1-3-21-16(20)15(19-17)12-8-6-7-11(2)14(12)13-9-4-5-10-18-13/h4-10H,3H2,1-2H3. The van der Waals surface area contributed by atoms with E-state index in [-0.39, 0.29) is 12.3 Å². The van der Waals surface area contributed by atoms with Crippen LogP contribution in [-0.2, 0) is 9.53 Å². The fraction of sp³-hybridized carbons (Fsp3) is 0.188. The molecule has 0 saturated carbocycles. The van der Waals surface area contributed by atoms with E-state index in [1.165, 1.54) is 0 Å². The first-order chi connectivity index (χ1) is 10.2. The van der Waals surface area contributed by atoms with E-state index < -0.39 is 5.97 Å². The van der Waals surface area contributed by atoms with Crippen molar-refractivity contribution >= 4 is 11.7 Å². The van der Waals surface area contributed by atoms with Gasteiger partial charge in [0, 0.05) is 11.8 Å². The monoisotopic (exact) mass is 281 g/mol. The molecule has 1 aromatic heterocycles. The number of carbonyl (C=O) groups excluding carboxylic acids is 1. The second kappa shape index (κ2) is 6.59. The zero-order valence-corrected chi connectivity index (χ0v) is 11.9. The van der Waals surface area contributed by atoms with Crippen LogP contribution in [0.5, 0.6) is 0 Å². The molecule has 1 aromatic carbocycles. The predicted molar refractivity (Wildman–Crippen MR) is 78.8 cm³/mol. The molecule has 0 atom stereocenters. The van der Waals surface area contributed by atoms with Crippen LogP contribution in [0.2, 0.25) is 0 Å². The van der Waals surface area contributed by atoms with Crippen molar-refractivity contribution in [3.8, 4) is 11.3 Å². The summed E-state index contributed by atoms with van der Waals surface area (Å²) in [6.07, 6.45) is 1.67. The van der Waals surface area contributed by atoms with Crippen LogP contribution in [0.3, 0.4) is 0 Å². The molecule has 0 unspecified atom stereocenters. The molecule has 0 radical (unpaired) electrons. The van der Waals surface area contributed by atoms with E-state index in [0.29, 0.717) is 11.3 Å². The summed E-state index contributed by atoms with van der Waals surface area (Å²) in [5.74, 6) is -0.664. The van der Waals surface area contributed by atoms with Crippen LogP contribution in [0.25, 0.3) is 16.8 Å². The molecule has 0 saturated heterocycles. The van der Waals surface area contributed by atoms with Crippen molar-refractivity contribution in [1.82, 2.24) is 4.98 Å². The third kappa shape index (κ3) is 3.04. The Bertz CT molecular complexity index is 705. The summed E-state index contributed by atoms with van der Waals surface area (Å²) in [5, 5.41) is 0. The lowest BCUT2D eigenvalue weighted by Crippen LogP contribution is -2.21. The number of ether oxygens (including phenoxy) is 1. The van der Waals surface area contributed by atoms with Gasteiger partial charge in [-0.05, 0) is 37.6 Å². The SMILES string of the molecule is CCOC(=O)C(=[N+]=[N-])c1cccc(C)c1-c1ccccn1. The molecule has 106 valence electrons. The van der Waals surface area contributed by atoms with Crippen molar-refractivity contribution in [3.05, 3.63) is 59.3 Å². The van der Waals surface area contributed by atoms with Crippen LogP contribution in [0.1, 0.15) is 18.1 Å². The zero-order chi connectivity index (χ0) is 15.2. The van der Waals surface area contributed by atoms with E-state index >= 15 is 0 Å². The van der Waals surface area contributed by atoms with Crippen molar-refractivity contribution in [2.24, 2.45) is 0 Å². The minimum atomic E-state index is -0.664. The molecule has 2 rings (SSSR count). The molecule has 0 amide bonds. The molecule has 0 bridgehead atoms. The lowest BCUT2D eigenvalue weighted by Gasteiger charge is -2.09. The predicted octanol–water partition coefficient (Wildman–Crippen LogP) is 2.64. The molecule has 5 heteroatoms. The lowest BCUT2D eigenvalue weighted by atomic mass is 9.95. The Morgan fingerprint density at radius 3 is 2.71 bits per heavy atom. The molecule has 0 fully saturated rings. The normalized spacial score (nSPS) is 9.81. The van der Waals surface area contributed by atoms with Crippen LogP contribution >= 0.6 is 0 Å². The second-order valence-corrected chi connectivity index (χ2v) is 4.38. The van der Waals surface area contributed by atoms with Crippen molar-refractivity contribution < 1.29 is 14.3 Å². The molecular formula is C16H15N3O2. The number of rotatable bonds is 4. The van der Waals surface area contributed by atoms with Gasteiger partial charge < -0.3 is 10.3 Å². The number of pyridine rings is 1. The lowest BCUT2D eigenvalue weighted by molar-refractivity contribution is -0.139. The van der Waals surface area contributed by atoms with Crippen LogP contribution in [0.15, 0.2) is 42.6 Å². The topological polar surface area (TPSA) is 75.6 Å². The van der Waals surface area contributed by atoms with Gasteiger partial charge in [-0.15, -0.1) is 0 Å². The summed E-state index contributed by atoms with van der Waals surface area (Å²) in [4.78, 5) is 19.4. The molecule has 21 heavy (non-hydrogen) atoms. The van der Waals surface area contributed by atoms with E-state index in [1.807, 2.05) is 31.2 Å². The van der Waals surface area contributed by atoms with E-state index in [4.69, 9.17) is 4.74 Å². The first-order valence-electron chi connectivity index (χ1n) is 6.59. The third-order valence-corrected chi connectivity index (χ3v) is 3.02. The van der Waals surface area contributed by atoms with E-state index in [0.717, 1.165) is 11.1 Å². The summed E-state index contributed by atoms with van der Waals surface area (Å²) in [6, 6.07) is 10.9. The molecule has 0 spiro atoms. The fourth-order valence-corrected chi connectivity index (χ4v) is 2.12. The molecule has 2 aromatic rings. The van der Waals surface area contributed by atoms with Crippen molar-refractivity contribution in [2.75, 3.05) is 6.61 Å². The van der Waals surface area contributed by atoms with Gasteiger partial charge in [0.2, 0.25) is 0 Å². The number of aromatic nitrogens is 1. The van der Waals surface area contributed by atoms with Gasteiger partial charge in [-0.25, -0.2) is 4.79 Å². The number of esters is 1. The summed E-state index contributed by atoms with van der Waals surface area (Å²) < 4.78 is 4.93. The number of hydrogen-bond acceptors (Lipinski definition) is 3. The maximum Gasteiger partial charge on any atom is 0.422 e. The van der Waals surface area contributed by atoms with Crippen LogP contribution in [-0.4, -0.2) is 28.1 Å². The Morgan fingerprint density at radius 2 is 2.10 bits per heavy atom. The number of nitrogens with zero attached hydrogens (tertiary/aromatic N) is 3. The highest BCUT2D eigenvalue weighted by atomic mass is 16.5. The van der Waals surface area contributed by atoms with Crippen molar-refractivity contribution in [2.45, 2.75) is 13.8 Å². The molecule has 0 aliphatic carbocycles. The Labute approximate surface area is 122 Å². The maximum atomic E-state index is 11.9. The molecule has 0 aliphatic heterocycles. The van der Waals surface area contributed by atoms with E-state index in [1.54, 1.807) is 25.3 Å². The molecule has 5 nitrogen and oxygen atoms in total. The van der Waals surface area contributed by atoms with Gasteiger partial charge >= 0.3 is 11.7 Å². The van der Waals surface area contributed by atoms with E-state index in [9.17, 15) is 10.3 Å². The largest absolute Gasteiger partial charge is 0.457 e. The highest BCUT2D eigenvalue weighted by Gasteiger charge is 2.28. The Balaban J connectivity index is 2.63. The summed E-state index contributed by atoms with van der Waals surface area (Å²) in [6.45, 7) is 3.82. The van der Waals surface area contributed by atoms with Crippen LogP contribution < -0.4 is 0 Å². The maximum absolute atomic E-state index is 11.9. The molecule has 0 aliphatic rings. The Hall–Kier alpha value is -2.78. The second-order valence-electron chi connectivity index (χ2n) is 4.38. The molecular weight excluding hydrogens is 266 g/mol. The van der Waals surface area contributed by atoms with Gasteiger partial charge in [0.1, 0.15) is 0 Å². The van der Waals surface area contributed by atoms with Gasteiger partial charge in [-0.2, -0.15) is 4.79 Å². The Kier molecular flexibility index (Phi) is 4.59. The molecule has 1 heterocycles. The molecule has 0 N–H and O–H groups in total.